The van der Waals surface area contributed by atoms with E-state index in [0.717, 1.165) is 24.6 Å². The molecule has 4 nitrogen and oxygen atoms in total. The summed E-state index contributed by atoms with van der Waals surface area (Å²) in [6.45, 7) is 3.18. The van der Waals surface area contributed by atoms with Gasteiger partial charge in [-0.05, 0) is 32.1 Å². The van der Waals surface area contributed by atoms with Crippen LogP contribution in [-0.2, 0) is 13.6 Å². The van der Waals surface area contributed by atoms with Crippen molar-refractivity contribution >= 4 is 0 Å². The smallest absolute Gasteiger partial charge is 0.0638 e. The molecule has 0 amide bonds. The summed E-state index contributed by atoms with van der Waals surface area (Å²) in [6.07, 6.45) is 5.54. The van der Waals surface area contributed by atoms with Crippen LogP contribution in [0, 0.1) is 12.8 Å². The number of hydrogen-bond acceptors (Lipinski definition) is 3. The highest BCUT2D eigenvalue weighted by atomic mass is 16.3. The summed E-state index contributed by atoms with van der Waals surface area (Å²) < 4.78 is 1.85. The first-order valence-corrected chi connectivity index (χ1v) is 6.04. The minimum absolute atomic E-state index is 0.278. The first-order valence-electron chi connectivity index (χ1n) is 6.04. The van der Waals surface area contributed by atoms with Crippen molar-refractivity contribution in [2.45, 2.75) is 38.8 Å². The van der Waals surface area contributed by atoms with Crippen molar-refractivity contribution in [2.75, 3.05) is 6.61 Å². The number of aliphatic hydroxyl groups is 1. The number of rotatable bonds is 6. The van der Waals surface area contributed by atoms with Crippen LogP contribution < -0.4 is 5.32 Å². The van der Waals surface area contributed by atoms with Gasteiger partial charge in [0.2, 0.25) is 0 Å². The Morgan fingerprint density at radius 3 is 2.88 bits per heavy atom. The summed E-state index contributed by atoms with van der Waals surface area (Å²) in [7, 11) is 1.95. The third kappa shape index (κ3) is 2.83. The molecule has 2 rings (SSSR count). The van der Waals surface area contributed by atoms with Gasteiger partial charge in [0.25, 0.3) is 0 Å². The van der Waals surface area contributed by atoms with E-state index in [1.165, 1.54) is 18.4 Å². The van der Waals surface area contributed by atoms with E-state index in [2.05, 4.69) is 16.6 Å². The fraction of sp³-hybridized carbons (Fsp3) is 0.750. The second kappa shape index (κ2) is 4.97. The van der Waals surface area contributed by atoms with E-state index in [1.54, 1.807) is 0 Å². The topological polar surface area (TPSA) is 50.1 Å². The van der Waals surface area contributed by atoms with E-state index >= 15 is 0 Å². The molecule has 1 aromatic rings. The summed E-state index contributed by atoms with van der Waals surface area (Å²) >= 11 is 0. The minimum Gasteiger partial charge on any atom is -0.396 e. The zero-order valence-corrected chi connectivity index (χ0v) is 10.1. The quantitative estimate of drug-likeness (QED) is 0.756. The van der Waals surface area contributed by atoms with Gasteiger partial charge in [0.1, 0.15) is 0 Å². The molecule has 16 heavy (non-hydrogen) atoms. The van der Waals surface area contributed by atoms with E-state index in [0.29, 0.717) is 6.04 Å². The predicted molar refractivity (Wildman–Crippen MR) is 63.0 cm³/mol. The van der Waals surface area contributed by atoms with Crippen molar-refractivity contribution in [3.63, 3.8) is 0 Å². The largest absolute Gasteiger partial charge is 0.396 e. The Kier molecular flexibility index (Phi) is 3.61. The maximum absolute atomic E-state index is 9.01. The number of hydrogen-bond donors (Lipinski definition) is 2. The zero-order valence-electron chi connectivity index (χ0n) is 10.1. The van der Waals surface area contributed by atoms with Crippen LogP contribution in [0.4, 0.5) is 0 Å². The van der Waals surface area contributed by atoms with E-state index in [1.807, 2.05) is 18.7 Å². The molecule has 0 bridgehead atoms. The first-order chi connectivity index (χ1) is 7.70. The van der Waals surface area contributed by atoms with Crippen LogP contribution in [0.1, 0.15) is 30.5 Å². The van der Waals surface area contributed by atoms with Gasteiger partial charge in [-0.3, -0.25) is 4.68 Å². The molecule has 1 aromatic heterocycles. The Bertz CT molecular complexity index is 344. The molecular weight excluding hydrogens is 202 g/mol. The lowest BCUT2D eigenvalue weighted by Gasteiger charge is -2.16. The highest BCUT2D eigenvalue weighted by molar-refractivity contribution is 5.15. The van der Waals surface area contributed by atoms with Crippen LogP contribution in [0.25, 0.3) is 0 Å². The molecule has 0 saturated heterocycles. The zero-order chi connectivity index (χ0) is 11.5. The Labute approximate surface area is 96.7 Å². The molecule has 0 aliphatic heterocycles. The predicted octanol–water partition coefficient (Wildman–Crippen LogP) is 0.979. The van der Waals surface area contributed by atoms with Crippen LogP contribution in [0.3, 0.4) is 0 Å². The third-order valence-corrected chi connectivity index (χ3v) is 3.30. The highest BCUT2D eigenvalue weighted by Crippen LogP contribution is 2.34. The van der Waals surface area contributed by atoms with E-state index in [4.69, 9.17) is 5.11 Å². The summed E-state index contributed by atoms with van der Waals surface area (Å²) in [5, 5.41) is 16.9. The molecule has 1 saturated carbocycles. The molecule has 1 aliphatic rings. The van der Waals surface area contributed by atoms with Crippen LogP contribution in [0.15, 0.2) is 6.20 Å². The van der Waals surface area contributed by atoms with Gasteiger partial charge in [0.05, 0.1) is 5.69 Å². The van der Waals surface area contributed by atoms with Crippen molar-refractivity contribution in [3.05, 3.63) is 17.5 Å². The minimum atomic E-state index is 0.278. The molecular formula is C12H21N3O. The SMILES string of the molecule is Cc1nn(C)cc1CNC(CCO)C1CC1. The lowest BCUT2D eigenvalue weighted by Crippen LogP contribution is -2.31. The molecule has 0 spiro atoms. The lowest BCUT2D eigenvalue weighted by molar-refractivity contribution is 0.255. The molecule has 1 aliphatic carbocycles. The molecule has 0 radical (unpaired) electrons. The second-order valence-electron chi connectivity index (χ2n) is 4.75. The Morgan fingerprint density at radius 2 is 2.38 bits per heavy atom. The van der Waals surface area contributed by atoms with E-state index in [9.17, 15) is 0 Å². The maximum Gasteiger partial charge on any atom is 0.0638 e. The monoisotopic (exact) mass is 223 g/mol. The second-order valence-corrected chi connectivity index (χ2v) is 4.75. The number of nitrogens with zero attached hydrogens (tertiary/aromatic N) is 2. The summed E-state index contributed by atoms with van der Waals surface area (Å²) in [5.41, 5.74) is 2.35. The first kappa shape index (κ1) is 11.6. The van der Waals surface area contributed by atoms with Gasteiger partial charge in [0, 0.05) is 38.0 Å². The van der Waals surface area contributed by atoms with Gasteiger partial charge in [0.15, 0.2) is 0 Å². The van der Waals surface area contributed by atoms with Crippen molar-refractivity contribution in [3.8, 4) is 0 Å². The molecule has 1 heterocycles. The number of aliphatic hydroxyl groups excluding tert-OH is 1. The molecule has 1 unspecified atom stereocenters. The van der Waals surface area contributed by atoms with Gasteiger partial charge in [-0.15, -0.1) is 0 Å². The van der Waals surface area contributed by atoms with Gasteiger partial charge < -0.3 is 10.4 Å². The van der Waals surface area contributed by atoms with Crippen LogP contribution in [-0.4, -0.2) is 27.5 Å². The molecule has 1 atom stereocenters. The van der Waals surface area contributed by atoms with E-state index in [-0.39, 0.29) is 6.61 Å². The Hall–Kier alpha value is -0.870. The summed E-state index contributed by atoms with van der Waals surface area (Å²) in [4.78, 5) is 0. The van der Waals surface area contributed by atoms with Gasteiger partial charge in [-0.2, -0.15) is 5.10 Å². The average Bonchev–Trinajstić information content (AvgIpc) is 3.01. The van der Waals surface area contributed by atoms with Crippen LogP contribution >= 0.6 is 0 Å². The average molecular weight is 223 g/mol. The number of aromatic nitrogens is 2. The van der Waals surface area contributed by atoms with Crippen molar-refractivity contribution in [1.29, 1.82) is 0 Å². The maximum atomic E-state index is 9.01. The summed E-state index contributed by atoms with van der Waals surface area (Å²) in [5.74, 6) is 0.782. The van der Waals surface area contributed by atoms with Gasteiger partial charge in [-0.1, -0.05) is 0 Å². The molecule has 2 N–H and O–H groups in total. The molecule has 0 aromatic carbocycles. The highest BCUT2D eigenvalue weighted by Gasteiger charge is 2.30. The molecule has 1 fully saturated rings. The Balaban J connectivity index is 1.87. The fourth-order valence-electron chi connectivity index (χ4n) is 2.21. The third-order valence-electron chi connectivity index (χ3n) is 3.30. The molecule has 4 heteroatoms. The van der Waals surface area contributed by atoms with E-state index < -0.39 is 0 Å². The fourth-order valence-corrected chi connectivity index (χ4v) is 2.21. The van der Waals surface area contributed by atoms with Crippen molar-refractivity contribution in [2.24, 2.45) is 13.0 Å². The van der Waals surface area contributed by atoms with Crippen LogP contribution in [0.5, 0.6) is 0 Å². The van der Waals surface area contributed by atoms with Crippen LogP contribution in [0.2, 0.25) is 0 Å². The van der Waals surface area contributed by atoms with Crippen molar-refractivity contribution in [1.82, 2.24) is 15.1 Å². The normalized spacial score (nSPS) is 17.7. The number of nitrogens with one attached hydrogen (secondary N) is 1. The Morgan fingerprint density at radius 1 is 1.62 bits per heavy atom. The molecule has 90 valence electrons. The standard InChI is InChI=1S/C12H21N3O/c1-9-11(8-15(2)14-9)7-13-12(5-6-16)10-3-4-10/h8,10,12-13,16H,3-7H2,1-2H3. The summed E-state index contributed by atoms with van der Waals surface area (Å²) in [6, 6.07) is 0.476. The van der Waals surface area contributed by atoms with Gasteiger partial charge in [-0.25, -0.2) is 0 Å². The lowest BCUT2D eigenvalue weighted by atomic mass is 10.1. The van der Waals surface area contributed by atoms with Crippen molar-refractivity contribution < 1.29 is 5.11 Å². The number of aryl methyl sites for hydroxylation is 2. The van der Waals surface area contributed by atoms with Gasteiger partial charge >= 0.3 is 0 Å².